The summed E-state index contributed by atoms with van der Waals surface area (Å²) in [7, 11) is -7.48. The van der Waals surface area contributed by atoms with Crippen molar-refractivity contribution in [3.05, 3.63) is 59.7 Å². The Morgan fingerprint density at radius 3 is 1.53 bits per heavy atom. The zero-order valence-electron chi connectivity index (χ0n) is 17.3. The molecule has 7 nitrogen and oxygen atoms in total. The third-order valence-electron chi connectivity index (χ3n) is 5.10. The Hall–Kier alpha value is -1.78. The summed E-state index contributed by atoms with van der Waals surface area (Å²) in [6, 6.07) is 13.3. The summed E-state index contributed by atoms with van der Waals surface area (Å²) in [5, 5.41) is 0. The number of sulfonamides is 2. The highest BCUT2D eigenvalue weighted by atomic mass is 32.2. The molecular formula is C21H28N2O5S2. The van der Waals surface area contributed by atoms with Crippen LogP contribution < -0.4 is 0 Å². The monoisotopic (exact) mass is 452 g/mol. The van der Waals surface area contributed by atoms with E-state index in [1.807, 2.05) is 13.8 Å². The van der Waals surface area contributed by atoms with Crippen molar-refractivity contribution in [3.8, 4) is 0 Å². The molecule has 164 valence electrons. The van der Waals surface area contributed by atoms with Crippen molar-refractivity contribution >= 4 is 20.0 Å². The molecular weight excluding hydrogens is 424 g/mol. The molecule has 0 amide bonds. The van der Waals surface area contributed by atoms with Gasteiger partial charge in [-0.2, -0.15) is 8.61 Å². The van der Waals surface area contributed by atoms with E-state index < -0.39 is 20.0 Å². The van der Waals surface area contributed by atoms with Gasteiger partial charge in [-0.15, -0.1) is 0 Å². The van der Waals surface area contributed by atoms with Crippen LogP contribution in [0.1, 0.15) is 17.5 Å². The first kappa shape index (κ1) is 22.9. The van der Waals surface area contributed by atoms with Gasteiger partial charge in [0.15, 0.2) is 0 Å². The maximum absolute atomic E-state index is 13.1. The van der Waals surface area contributed by atoms with Crippen molar-refractivity contribution in [3.63, 3.8) is 0 Å². The molecule has 1 saturated heterocycles. The minimum atomic E-state index is -3.75. The minimum absolute atomic E-state index is 0.0602. The first-order valence-corrected chi connectivity index (χ1v) is 12.8. The van der Waals surface area contributed by atoms with Gasteiger partial charge < -0.3 is 4.74 Å². The molecule has 0 aliphatic carbocycles. The van der Waals surface area contributed by atoms with Gasteiger partial charge >= 0.3 is 0 Å². The van der Waals surface area contributed by atoms with E-state index in [0.717, 1.165) is 11.1 Å². The van der Waals surface area contributed by atoms with Crippen LogP contribution in [-0.4, -0.2) is 64.8 Å². The molecule has 2 aromatic carbocycles. The SMILES string of the molecule is Cc1ccc(S(=O)(=O)N2CCCOCCN(S(=O)(=O)c3ccc(C)cc3)CC2)cc1. The van der Waals surface area contributed by atoms with Gasteiger partial charge in [0, 0.05) is 32.8 Å². The first-order chi connectivity index (χ1) is 14.2. The average molecular weight is 453 g/mol. The lowest BCUT2D eigenvalue weighted by molar-refractivity contribution is 0.109. The fourth-order valence-electron chi connectivity index (χ4n) is 3.26. The molecule has 0 spiro atoms. The zero-order valence-corrected chi connectivity index (χ0v) is 19.0. The van der Waals surface area contributed by atoms with Crippen LogP contribution in [0.15, 0.2) is 58.3 Å². The molecule has 0 aromatic heterocycles. The molecule has 30 heavy (non-hydrogen) atoms. The normalized spacial score (nSPS) is 18.2. The summed E-state index contributed by atoms with van der Waals surface area (Å²) in [6.45, 7) is 5.02. The second kappa shape index (κ2) is 9.57. The summed E-state index contributed by atoms with van der Waals surface area (Å²) in [5.41, 5.74) is 1.94. The maximum atomic E-state index is 13.1. The summed E-state index contributed by atoms with van der Waals surface area (Å²) >= 11 is 0. The number of rotatable bonds is 4. The van der Waals surface area contributed by atoms with E-state index in [9.17, 15) is 16.8 Å². The fraction of sp³-hybridized carbons (Fsp3) is 0.429. The van der Waals surface area contributed by atoms with Crippen LogP contribution in [0.4, 0.5) is 0 Å². The lowest BCUT2D eigenvalue weighted by atomic mass is 10.2. The minimum Gasteiger partial charge on any atom is -0.380 e. The van der Waals surface area contributed by atoms with Crippen LogP contribution in [0.25, 0.3) is 0 Å². The number of aryl methyl sites for hydroxylation is 2. The van der Waals surface area contributed by atoms with Gasteiger partial charge in [0.25, 0.3) is 0 Å². The second-order valence-corrected chi connectivity index (χ2v) is 11.3. The Balaban J connectivity index is 1.85. The molecule has 1 heterocycles. The van der Waals surface area contributed by atoms with Crippen molar-refractivity contribution in [2.24, 2.45) is 0 Å². The largest absolute Gasteiger partial charge is 0.380 e. The lowest BCUT2D eigenvalue weighted by Crippen LogP contribution is -2.43. The quantitative estimate of drug-likeness (QED) is 0.711. The van der Waals surface area contributed by atoms with Gasteiger partial charge in [0.05, 0.1) is 16.4 Å². The summed E-state index contributed by atoms with van der Waals surface area (Å²) in [5.74, 6) is 0. The second-order valence-electron chi connectivity index (χ2n) is 7.40. The molecule has 3 rings (SSSR count). The number of benzene rings is 2. The highest BCUT2D eigenvalue weighted by molar-refractivity contribution is 7.89. The summed E-state index contributed by atoms with van der Waals surface area (Å²) in [6.07, 6.45) is 0.551. The molecule has 0 N–H and O–H groups in total. The Bertz CT molecular complexity index is 962. The third-order valence-corrected chi connectivity index (χ3v) is 8.92. The van der Waals surface area contributed by atoms with Gasteiger partial charge in [-0.25, -0.2) is 16.8 Å². The van der Waals surface area contributed by atoms with E-state index in [4.69, 9.17) is 4.74 Å². The number of hydrogen-bond acceptors (Lipinski definition) is 5. The van der Waals surface area contributed by atoms with Crippen LogP contribution in [0.2, 0.25) is 0 Å². The predicted molar refractivity (Wildman–Crippen MR) is 115 cm³/mol. The predicted octanol–water partition coefficient (Wildman–Crippen LogP) is 2.41. The van der Waals surface area contributed by atoms with E-state index >= 15 is 0 Å². The van der Waals surface area contributed by atoms with Crippen molar-refractivity contribution < 1.29 is 21.6 Å². The first-order valence-electron chi connectivity index (χ1n) is 9.93. The molecule has 1 fully saturated rings. The molecule has 9 heteroatoms. The molecule has 1 aliphatic rings. The lowest BCUT2D eigenvalue weighted by Gasteiger charge is -2.28. The highest BCUT2D eigenvalue weighted by Crippen LogP contribution is 2.20. The Kier molecular flexibility index (Phi) is 7.30. The summed E-state index contributed by atoms with van der Waals surface area (Å²) < 4.78 is 60.7. The summed E-state index contributed by atoms with van der Waals surface area (Å²) in [4.78, 5) is 0.400. The number of nitrogens with zero attached hydrogens (tertiary/aromatic N) is 2. The van der Waals surface area contributed by atoms with E-state index in [1.165, 1.54) is 8.61 Å². The van der Waals surface area contributed by atoms with Gasteiger partial charge in [0.2, 0.25) is 20.0 Å². The van der Waals surface area contributed by atoms with E-state index in [0.29, 0.717) is 13.0 Å². The molecule has 0 bridgehead atoms. The number of hydrogen-bond donors (Lipinski definition) is 0. The third kappa shape index (κ3) is 5.28. The van der Waals surface area contributed by atoms with Crippen LogP contribution in [-0.2, 0) is 24.8 Å². The van der Waals surface area contributed by atoms with Crippen LogP contribution in [0.3, 0.4) is 0 Å². The highest BCUT2D eigenvalue weighted by Gasteiger charge is 2.29. The van der Waals surface area contributed by atoms with Crippen molar-refractivity contribution in [2.45, 2.75) is 30.1 Å². The molecule has 1 aliphatic heterocycles. The van der Waals surface area contributed by atoms with Gasteiger partial charge in [-0.3, -0.25) is 0 Å². The smallest absolute Gasteiger partial charge is 0.243 e. The van der Waals surface area contributed by atoms with Gasteiger partial charge in [-0.1, -0.05) is 35.4 Å². The molecule has 0 atom stereocenters. The Morgan fingerprint density at radius 2 is 1.07 bits per heavy atom. The fourth-order valence-corrected chi connectivity index (χ4v) is 6.14. The Labute approximate surface area is 179 Å². The van der Waals surface area contributed by atoms with Gasteiger partial charge in [0.1, 0.15) is 0 Å². The van der Waals surface area contributed by atoms with Crippen molar-refractivity contribution in [1.82, 2.24) is 8.61 Å². The van der Waals surface area contributed by atoms with E-state index in [1.54, 1.807) is 48.5 Å². The average Bonchev–Trinajstić information content (AvgIpc) is 2.72. The van der Waals surface area contributed by atoms with Crippen LogP contribution >= 0.6 is 0 Å². The van der Waals surface area contributed by atoms with Crippen molar-refractivity contribution in [1.29, 1.82) is 0 Å². The molecule has 0 saturated carbocycles. The maximum Gasteiger partial charge on any atom is 0.243 e. The molecule has 0 unspecified atom stereocenters. The van der Waals surface area contributed by atoms with Crippen LogP contribution in [0, 0.1) is 13.8 Å². The van der Waals surface area contributed by atoms with Crippen LogP contribution in [0.5, 0.6) is 0 Å². The standard InChI is InChI=1S/C21H28N2O5S2/c1-18-4-8-20(9-5-18)29(24,25)22-12-3-16-28-17-15-23(14-13-22)30(26,27)21-10-6-19(2)7-11-21/h4-11H,3,12-17H2,1-2H3. The van der Waals surface area contributed by atoms with E-state index in [2.05, 4.69) is 0 Å². The topological polar surface area (TPSA) is 84.0 Å². The Morgan fingerprint density at radius 1 is 0.633 bits per heavy atom. The van der Waals surface area contributed by atoms with Crippen molar-refractivity contribution in [2.75, 3.05) is 39.4 Å². The number of ether oxygens (including phenoxy) is 1. The molecule has 2 aromatic rings. The van der Waals surface area contributed by atoms with Gasteiger partial charge in [-0.05, 0) is 44.5 Å². The zero-order chi connectivity index (χ0) is 21.8. The van der Waals surface area contributed by atoms with E-state index in [-0.39, 0.29) is 42.6 Å². The molecule has 0 radical (unpaired) electrons.